The van der Waals surface area contributed by atoms with Crippen LogP contribution >= 0.6 is 11.8 Å². The Balaban J connectivity index is 2.10. The molecular weight excluding hydrogens is 259 g/mol. The van der Waals surface area contributed by atoms with Crippen molar-refractivity contribution >= 4 is 17.4 Å². The monoisotopic (exact) mass is 272 g/mol. The van der Waals surface area contributed by atoms with E-state index in [9.17, 15) is 4.39 Å². The molecule has 96 valence electrons. The number of nitriles is 1. The zero-order chi connectivity index (χ0) is 13.7. The van der Waals surface area contributed by atoms with E-state index in [0.29, 0.717) is 12.1 Å². The van der Waals surface area contributed by atoms with Crippen LogP contribution in [0, 0.1) is 17.1 Å². The van der Waals surface area contributed by atoms with Gasteiger partial charge in [0, 0.05) is 17.1 Å². The number of halogens is 1. The van der Waals surface area contributed by atoms with Gasteiger partial charge in [0.1, 0.15) is 5.82 Å². The van der Waals surface area contributed by atoms with Crippen LogP contribution in [0.25, 0.3) is 0 Å². The van der Waals surface area contributed by atoms with Crippen molar-refractivity contribution in [3.05, 3.63) is 59.4 Å². The molecule has 0 saturated heterocycles. The van der Waals surface area contributed by atoms with Crippen molar-refractivity contribution in [2.24, 2.45) is 0 Å². The van der Waals surface area contributed by atoms with Crippen molar-refractivity contribution < 1.29 is 4.39 Å². The molecule has 0 spiro atoms. The second kappa shape index (κ2) is 6.26. The predicted octanol–water partition coefficient (Wildman–Crippen LogP) is 4.03. The predicted molar refractivity (Wildman–Crippen MR) is 76.7 cm³/mol. The Hall–Kier alpha value is -1.99. The molecule has 4 heteroatoms. The molecule has 19 heavy (non-hydrogen) atoms. The van der Waals surface area contributed by atoms with E-state index in [4.69, 9.17) is 5.26 Å². The maximum absolute atomic E-state index is 13.3. The fourth-order valence-corrected chi connectivity index (χ4v) is 2.21. The summed E-state index contributed by atoms with van der Waals surface area (Å²) in [5, 5.41) is 12.0. The number of thioether (sulfide) groups is 1. The Morgan fingerprint density at radius 2 is 2.11 bits per heavy atom. The topological polar surface area (TPSA) is 35.8 Å². The van der Waals surface area contributed by atoms with E-state index in [2.05, 4.69) is 5.32 Å². The first kappa shape index (κ1) is 13.4. The minimum absolute atomic E-state index is 0.342. The van der Waals surface area contributed by atoms with E-state index in [1.54, 1.807) is 17.8 Å². The minimum atomic E-state index is -0.381. The highest BCUT2D eigenvalue weighted by Gasteiger charge is 2.01. The molecule has 0 amide bonds. The average Bonchev–Trinajstić information content (AvgIpc) is 2.44. The highest BCUT2D eigenvalue weighted by molar-refractivity contribution is 7.98. The summed E-state index contributed by atoms with van der Waals surface area (Å²) < 4.78 is 13.3. The molecule has 0 bridgehead atoms. The van der Waals surface area contributed by atoms with Gasteiger partial charge >= 0.3 is 0 Å². The van der Waals surface area contributed by atoms with E-state index in [-0.39, 0.29) is 5.82 Å². The molecule has 2 nitrogen and oxygen atoms in total. The Kier molecular flexibility index (Phi) is 4.43. The Labute approximate surface area is 116 Å². The molecule has 2 aromatic carbocycles. The van der Waals surface area contributed by atoms with Crippen LogP contribution in [0.3, 0.4) is 0 Å². The number of nitrogens with zero attached hydrogens (tertiary/aromatic N) is 1. The maximum Gasteiger partial charge on any atom is 0.124 e. The summed E-state index contributed by atoms with van der Waals surface area (Å²) in [6, 6.07) is 14.3. The second-order valence-electron chi connectivity index (χ2n) is 4.05. The van der Waals surface area contributed by atoms with Crippen LogP contribution in [0.2, 0.25) is 0 Å². The maximum atomic E-state index is 13.3. The van der Waals surface area contributed by atoms with Gasteiger partial charge in [0.15, 0.2) is 0 Å². The van der Waals surface area contributed by atoms with Crippen LogP contribution in [0.5, 0.6) is 0 Å². The Morgan fingerprint density at radius 3 is 2.84 bits per heavy atom. The highest BCUT2D eigenvalue weighted by atomic mass is 32.2. The molecule has 1 N–H and O–H groups in total. The van der Waals surface area contributed by atoms with Crippen molar-refractivity contribution in [2.75, 3.05) is 11.6 Å². The summed E-state index contributed by atoms with van der Waals surface area (Å²) in [4.78, 5) is 1.17. The summed E-state index contributed by atoms with van der Waals surface area (Å²) in [7, 11) is 0. The molecule has 0 saturated carbocycles. The normalized spacial score (nSPS) is 9.95. The quantitative estimate of drug-likeness (QED) is 0.853. The third-order valence-corrected chi connectivity index (χ3v) is 3.38. The molecule has 0 aliphatic carbocycles. The summed E-state index contributed by atoms with van der Waals surface area (Å²) in [6.07, 6.45) is 2.02. The molecule has 0 aromatic heterocycles. The molecule has 2 aromatic rings. The fourth-order valence-electron chi connectivity index (χ4n) is 1.75. The summed E-state index contributed by atoms with van der Waals surface area (Å²) in [5.74, 6) is -0.381. The van der Waals surface area contributed by atoms with Gasteiger partial charge in [0.2, 0.25) is 0 Å². The molecule has 0 fully saturated rings. The number of hydrogen-bond donors (Lipinski definition) is 1. The van der Waals surface area contributed by atoms with Crippen LogP contribution in [0.4, 0.5) is 10.1 Å². The molecule has 0 radical (unpaired) electrons. The fraction of sp³-hybridized carbons (Fsp3) is 0.133. The molecular formula is C15H13FN2S. The smallest absolute Gasteiger partial charge is 0.124 e. The number of nitrogens with one attached hydrogen (secondary N) is 1. The summed E-state index contributed by atoms with van der Waals surface area (Å²) >= 11 is 1.67. The summed E-state index contributed by atoms with van der Waals surface area (Å²) in [6.45, 7) is 0.490. The van der Waals surface area contributed by atoms with Crippen molar-refractivity contribution in [2.45, 2.75) is 11.4 Å². The second-order valence-corrected chi connectivity index (χ2v) is 4.93. The lowest BCUT2D eigenvalue weighted by Crippen LogP contribution is -2.00. The van der Waals surface area contributed by atoms with Crippen LogP contribution in [0.15, 0.2) is 47.4 Å². The van der Waals surface area contributed by atoms with Gasteiger partial charge in [0.05, 0.1) is 11.6 Å². The first-order chi connectivity index (χ1) is 9.21. The zero-order valence-electron chi connectivity index (χ0n) is 10.5. The van der Waals surface area contributed by atoms with Gasteiger partial charge in [0.25, 0.3) is 0 Å². The zero-order valence-corrected chi connectivity index (χ0v) is 11.3. The van der Waals surface area contributed by atoms with E-state index in [0.717, 1.165) is 11.3 Å². The van der Waals surface area contributed by atoms with Gasteiger partial charge in [-0.2, -0.15) is 5.26 Å². The highest BCUT2D eigenvalue weighted by Crippen LogP contribution is 2.19. The molecule has 0 heterocycles. The van der Waals surface area contributed by atoms with Crippen LogP contribution in [-0.2, 0) is 6.54 Å². The van der Waals surface area contributed by atoms with E-state index < -0.39 is 0 Å². The van der Waals surface area contributed by atoms with Gasteiger partial charge in [-0.3, -0.25) is 0 Å². The van der Waals surface area contributed by atoms with Gasteiger partial charge in [-0.25, -0.2) is 4.39 Å². The van der Waals surface area contributed by atoms with Crippen molar-refractivity contribution in [1.29, 1.82) is 5.26 Å². The first-order valence-electron chi connectivity index (χ1n) is 5.79. The van der Waals surface area contributed by atoms with Gasteiger partial charge in [-0.05, 0) is 48.2 Å². The number of rotatable bonds is 4. The minimum Gasteiger partial charge on any atom is -0.381 e. The van der Waals surface area contributed by atoms with Gasteiger partial charge < -0.3 is 5.32 Å². The number of anilines is 1. The summed E-state index contributed by atoms with van der Waals surface area (Å²) in [5.41, 5.74) is 2.08. The van der Waals surface area contributed by atoms with E-state index in [1.165, 1.54) is 17.0 Å². The molecule has 2 rings (SSSR count). The third-order valence-electron chi connectivity index (χ3n) is 2.65. The number of hydrogen-bond acceptors (Lipinski definition) is 3. The molecule has 0 unspecified atom stereocenters. The van der Waals surface area contributed by atoms with Gasteiger partial charge in [-0.1, -0.05) is 6.07 Å². The van der Waals surface area contributed by atoms with E-state index >= 15 is 0 Å². The van der Waals surface area contributed by atoms with Crippen LogP contribution < -0.4 is 5.32 Å². The molecule has 0 aliphatic rings. The SMILES string of the molecule is CSc1cccc(NCc2cc(F)cc(C#N)c2)c1. The lowest BCUT2D eigenvalue weighted by atomic mass is 10.1. The average molecular weight is 272 g/mol. The largest absolute Gasteiger partial charge is 0.381 e. The molecule has 0 atom stereocenters. The van der Waals surface area contributed by atoms with Crippen LogP contribution in [-0.4, -0.2) is 6.26 Å². The van der Waals surface area contributed by atoms with E-state index in [1.807, 2.05) is 36.6 Å². The Morgan fingerprint density at radius 1 is 1.26 bits per heavy atom. The molecule has 0 aliphatic heterocycles. The van der Waals surface area contributed by atoms with Crippen molar-refractivity contribution in [3.8, 4) is 6.07 Å². The van der Waals surface area contributed by atoms with Gasteiger partial charge in [-0.15, -0.1) is 11.8 Å². The van der Waals surface area contributed by atoms with Crippen LogP contribution in [0.1, 0.15) is 11.1 Å². The van der Waals surface area contributed by atoms with Crippen molar-refractivity contribution in [3.63, 3.8) is 0 Å². The number of benzene rings is 2. The lowest BCUT2D eigenvalue weighted by molar-refractivity contribution is 0.625. The lowest BCUT2D eigenvalue weighted by Gasteiger charge is -2.08. The third kappa shape index (κ3) is 3.73. The standard InChI is InChI=1S/C15H13FN2S/c1-19-15-4-2-3-14(8-15)18-10-12-5-11(9-17)6-13(16)7-12/h2-8,18H,10H2,1H3. The Bertz CT molecular complexity index is 620. The van der Waals surface area contributed by atoms with Crippen molar-refractivity contribution in [1.82, 2.24) is 0 Å². The first-order valence-corrected chi connectivity index (χ1v) is 7.01.